The van der Waals surface area contributed by atoms with Gasteiger partial charge >= 0.3 is 12.0 Å². The maximum absolute atomic E-state index is 14.5. The number of ether oxygens (including phenoxy) is 2. The van der Waals surface area contributed by atoms with Crippen molar-refractivity contribution in [3.63, 3.8) is 0 Å². The second-order valence-electron chi connectivity index (χ2n) is 18.0. The van der Waals surface area contributed by atoms with E-state index >= 15 is 0 Å². The minimum absolute atomic E-state index is 0.0868. The number of hydrazine groups is 1. The normalized spacial score (nSPS) is 21.9. The van der Waals surface area contributed by atoms with E-state index in [4.69, 9.17) is 19.4 Å². The summed E-state index contributed by atoms with van der Waals surface area (Å²) < 4.78 is 14.2. The van der Waals surface area contributed by atoms with E-state index in [-0.39, 0.29) is 43.0 Å². The van der Waals surface area contributed by atoms with Gasteiger partial charge < -0.3 is 29.2 Å². The average molecular weight is 855 g/mol. The van der Waals surface area contributed by atoms with Gasteiger partial charge in [0.15, 0.2) is 0 Å². The lowest BCUT2D eigenvalue weighted by molar-refractivity contribution is -0.155. The molecule has 14 nitrogen and oxygen atoms in total. The number of likely N-dealkylation sites (tertiary alicyclic amines) is 1. The van der Waals surface area contributed by atoms with Gasteiger partial charge in [-0.1, -0.05) is 33.8 Å². The second kappa shape index (κ2) is 18.2. The molecule has 61 heavy (non-hydrogen) atoms. The van der Waals surface area contributed by atoms with Gasteiger partial charge in [0, 0.05) is 85.3 Å². The number of urea groups is 1. The molecule has 15 heteroatoms. The highest BCUT2D eigenvalue weighted by Crippen LogP contribution is 2.42. The summed E-state index contributed by atoms with van der Waals surface area (Å²) in [5, 5.41) is 8.23. The van der Waals surface area contributed by atoms with Crippen LogP contribution in [0.4, 0.5) is 4.79 Å². The zero-order chi connectivity index (χ0) is 43.7. The summed E-state index contributed by atoms with van der Waals surface area (Å²) in [5.74, 6) is -1.48. The summed E-state index contributed by atoms with van der Waals surface area (Å²) in [5.41, 5.74) is 9.42. The lowest BCUT2D eigenvalue weighted by atomic mass is 9.84. The van der Waals surface area contributed by atoms with Crippen molar-refractivity contribution in [3.8, 4) is 22.5 Å². The van der Waals surface area contributed by atoms with Gasteiger partial charge in [-0.2, -0.15) is 0 Å². The number of carbonyl (C=O) groups is 4. The number of hydrogen-bond acceptors (Lipinski definition) is 10. The molecule has 4 amide bonds. The second-order valence-corrected chi connectivity index (χ2v) is 19.0. The molecule has 2 saturated heterocycles. The van der Waals surface area contributed by atoms with Gasteiger partial charge in [0.2, 0.25) is 5.91 Å². The lowest BCUT2D eigenvalue weighted by Crippen LogP contribution is -2.62. The first-order chi connectivity index (χ1) is 29.1. The molecule has 4 aromatic rings. The van der Waals surface area contributed by atoms with Gasteiger partial charge in [-0.25, -0.2) is 15.2 Å². The van der Waals surface area contributed by atoms with Crippen LogP contribution in [0.2, 0.25) is 0 Å². The Morgan fingerprint density at radius 1 is 1.13 bits per heavy atom. The molecule has 328 valence electrons. The molecule has 6 heterocycles. The Balaban J connectivity index is 1.30. The molecule has 0 aliphatic carbocycles. The predicted octanol–water partition coefficient (Wildman–Crippen LogP) is 6.76. The molecule has 2 fully saturated rings. The van der Waals surface area contributed by atoms with Gasteiger partial charge in [0.05, 0.1) is 34.8 Å². The minimum atomic E-state index is -1.03. The number of carbonyl (C=O) groups excluding carboxylic acids is 4. The van der Waals surface area contributed by atoms with Gasteiger partial charge in [-0.3, -0.25) is 24.4 Å². The fourth-order valence-corrected chi connectivity index (χ4v) is 10.1. The number of benzene rings is 1. The average Bonchev–Trinajstić information content (AvgIpc) is 3.98. The Morgan fingerprint density at radius 3 is 2.61 bits per heavy atom. The molecule has 3 aliphatic heterocycles. The number of esters is 1. The molecule has 1 aromatic carbocycles. The number of fused-ring (bicyclic) bond motifs is 6. The van der Waals surface area contributed by atoms with Gasteiger partial charge in [-0.15, -0.1) is 11.3 Å². The van der Waals surface area contributed by atoms with Crippen LogP contribution in [-0.2, 0) is 43.2 Å². The molecule has 0 unspecified atom stereocenters. The van der Waals surface area contributed by atoms with Crippen LogP contribution in [0.15, 0.2) is 41.9 Å². The third-order valence-corrected chi connectivity index (χ3v) is 13.4. The molecule has 3 aliphatic rings. The van der Waals surface area contributed by atoms with E-state index in [0.29, 0.717) is 43.9 Å². The first-order valence-electron chi connectivity index (χ1n) is 21.8. The number of thiazole rings is 1. The van der Waals surface area contributed by atoms with Crippen molar-refractivity contribution < 1.29 is 28.7 Å². The highest BCUT2D eigenvalue weighted by molar-refractivity contribution is 7.10. The number of nitrogens with zero attached hydrogens (tertiary/aromatic N) is 6. The molecule has 0 spiro atoms. The Hall–Kier alpha value is -4.86. The van der Waals surface area contributed by atoms with Crippen LogP contribution in [0.3, 0.4) is 0 Å². The third-order valence-electron chi connectivity index (χ3n) is 12.6. The Kier molecular flexibility index (Phi) is 13.2. The Bertz CT molecular complexity index is 2270. The van der Waals surface area contributed by atoms with Crippen LogP contribution >= 0.6 is 11.3 Å². The quantitative estimate of drug-likeness (QED) is 0.183. The van der Waals surface area contributed by atoms with Crippen LogP contribution in [0, 0.1) is 11.3 Å². The lowest BCUT2D eigenvalue weighted by Gasteiger charge is -2.37. The first-order valence-corrected chi connectivity index (χ1v) is 22.7. The molecule has 5 atom stereocenters. The molecular formula is C46H62N8O6S. The standard InChI is InChI=1S/C46H62N8O6S/c1-10-52-37-18-17-30-22-32(37)33(41(52)31-15-11-19-47-39(31)29(5)59-9)24-46(6,7)26-60-44(57)34-16-13-21-54(50-34)43(56)35(23-38-48-36(30)25-61-38)49-42(55)40(27(2)3)51(8)45(58)53-20-12-14-28(53)4/h11,15,17-19,22,25,27-29,34-35,40,50H,10,12-14,16,20-21,23-24,26H2,1-9H3,(H,49,55)/t28-,29+,34+,35+,40+/m1/s1. The molecule has 6 bridgehead atoms. The van der Waals surface area contributed by atoms with E-state index in [0.717, 1.165) is 57.5 Å². The summed E-state index contributed by atoms with van der Waals surface area (Å²) in [6, 6.07) is 7.75. The van der Waals surface area contributed by atoms with Gasteiger partial charge in [0.25, 0.3) is 5.91 Å². The van der Waals surface area contributed by atoms with E-state index in [2.05, 4.69) is 60.3 Å². The third kappa shape index (κ3) is 9.05. The van der Waals surface area contributed by atoms with Gasteiger partial charge in [0.1, 0.15) is 18.1 Å². The van der Waals surface area contributed by atoms with E-state index in [9.17, 15) is 19.2 Å². The molecule has 2 N–H and O–H groups in total. The van der Waals surface area contributed by atoms with Crippen LogP contribution in [0.5, 0.6) is 0 Å². The Morgan fingerprint density at radius 2 is 1.90 bits per heavy atom. The topological polar surface area (TPSA) is 151 Å². The number of methoxy groups -OCH3 is 1. The number of hydrogen-bond donors (Lipinski definition) is 2. The van der Waals surface area contributed by atoms with Crippen LogP contribution in [0.1, 0.15) is 96.5 Å². The minimum Gasteiger partial charge on any atom is -0.464 e. The van der Waals surface area contributed by atoms with Crippen molar-refractivity contribution in [2.24, 2.45) is 11.3 Å². The summed E-state index contributed by atoms with van der Waals surface area (Å²) >= 11 is 1.43. The largest absolute Gasteiger partial charge is 0.464 e. The van der Waals surface area contributed by atoms with Crippen molar-refractivity contribution >= 4 is 46.1 Å². The van der Waals surface area contributed by atoms with E-state index in [1.54, 1.807) is 20.4 Å². The Labute approximate surface area is 363 Å². The van der Waals surface area contributed by atoms with Crippen molar-refractivity contribution in [2.45, 2.75) is 124 Å². The zero-order valence-electron chi connectivity index (χ0n) is 37.1. The van der Waals surface area contributed by atoms with E-state index in [1.165, 1.54) is 21.2 Å². The van der Waals surface area contributed by atoms with Crippen LogP contribution < -0.4 is 10.7 Å². The summed E-state index contributed by atoms with van der Waals surface area (Å²) in [4.78, 5) is 69.6. The summed E-state index contributed by atoms with van der Waals surface area (Å²) in [7, 11) is 3.35. The molecule has 0 radical (unpaired) electrons. The predicted molar refractivity (Wildman–Crippen MR) is 237 cm³/mol. The fraction of sp³-hybridized carbons (Fsp3) is 0.565. The van der Waals surface area contributed by atoms with Crippen molar-refractivity contribution in [1.82, 2.24) is 40.1 Å². The number of pyridine rings is 1. The maximum Gasteiger partial charge on any atom is 0.324 e. The van der Waals surface area contributed by atoms with Crippen LogP contribution in [0.25, 0.3) is 33.4 Å². The van der Waals surface area contributed by atoms with Crippen molar-refractivity contribution in [2.75, 3.05) is 33.9 Å². The first kappa shape index (κ1) is 44.2. The van der Waals surface area contributed by atoms with Crippen LogP contribution in [-0.4, -0.2) is 111 Å². The summed E-state index contributed by atoms with van der Waals surface area (Å²) in [6.45, 7) is 16.0. The number of cyclic esters (lactones) is 1. The zero-order valence-corrected chi connectivity index (χ0v) is 37.9. The number of aromatic nitrogens is 3. The van der Waals surface area contributed by atoms with E-state index < -0.39 is 35.4 Å². The smallest absolute Gasteiger partial charge is 0.324 e. The number of rotatable bonds is 8. The number of amides is 4. The van der Waals surface area contributed by atoms with Crippen molar-refractivity contribution in [3.05, 3.63) is 58.2 Å². The van der Waals surface area contributed by atoms with Crippen molar-refractivity contribution in [1.29, 1.82) is 0 Å². The number of nitrogens with one attached hydrogen (secondary N) is 2. The number of likely N-dealkylation sites (N-methyl/N-ethyl adjacent to an activating group) is 1. The van der Waals surface area contributed by atoms with E-state index in [1.807, 2.05) is 44.0 Å². The highest BCUT2D eigenvalue weighted by atomic mass is 32.1. The number of aryl methyl sites for hydroxylation is 1. The maximum atomic E-state index is 14.5. The highest BCUT2D eigenvalue weighted by Gasteiger charge is 2.39. The monoisotopic (exact) mass is 854 g/mol. The molecule has 7 rings (SSSR count). The fourth-order valence-electron chi connectivity index (χ4n) is 9.29. The molecule has 3 aromatic heterocycles. The molecular weight excluding hydrogens is 793 g/mol. The summed E-state index contributed by atoms with van der Waals surface area (Å²) in [6.07, 6.45) is 5.16. The SMILES string of the molecule is CCn1c(-c2cccnc2[C@H](C)OC)c2c3cc(ccc31)-c1csc(n1)C[C@H](NC(=O)[C@H](C(C)C)N(C)C(=O)N1CCC[C@H]1C)C(=O)N1CCC[C@H](N1)C(=O)OCC(C)(C)C2. The molecule has 0 saturated carbocycles. The van der Waals surface area contributed by atoms with Gasteiger partial charge in [-0.05, 0) is 88.6 Å².